The van der Waals surface area contributed by atoms with Crippen molar-refractivity contribution in [2.75, 3.05) is 6.54 Å². The molecule has 3 rings (SSSR count). The maximum atomic E-state index is 12.1. The van der Waals surface area contributed by atoms with Crippen molar-refractivity contribution in [3.8, 4) is 10.8 Å². The van der Waals surface area contributed by atoms with Gasteiger partial charge in [-0.05, 0) is 30.2 Å². The highest BCUT2D eigenvalue weighted by molar-refractivity contribution is 7.21. The molecule has 0 spiro atoms. The smallest absolute Gasteiger partial charge is 0.287 e. The minimum Gasteiger partial charge on any atom is -0.448 e. The molecule has 0 fully saturated rings. The lowest BCUT2D eigenvalue weighted by molar-refractivity contribution is 0.0847. The number of fused-ring (bicyclic) bond motifs is 1. The van der Waals surface area contributed by atoms with Crippen LogP contribution in [0.3, 0.4) is 0 Å². The van der Waals surface area contributed by atoms with E-state index in [1.54, 1.807) is 12.1 Å². The molecule has 0 aliphatic rings. The molecule has 120 valence electrons. The summed E-state index contributed by atoms with van der Waals surface area (Å²) in [5.74, 6) is 0.540. The molecule has 0 saturated heterocycles. The van der Waals surface area contributed by atoms with E-state index in [4.69, 9.17) is 4.42 Å². The van der Waals surface area contributed by atoms with Crippen LogP contribution < -0.4 is 5.32 Å². The fraction of sp³-hybridized carbons (Fsp3) is 0.294. The normalized spacial score (nSPS) is 12.7. The van der Waals surface area contributed by atoms with E-state index >= 15 is 0 Å². The highest BCUT2D eigenvalue weighted by Crippen LogP contribution is 2.31. The van der Waals surface area contributed by atoms with Gasteiger partial charge in [0.05, 0.1) is 16.3 Å². The fourth-order valence-corrected chi connectivity index (χ4v) is 3.00. The first-order valence-electron chi connectivity index (χ1n) is 7.46. The molecule has 1 atom stereocenters. The predicted octanol–water partition coefficient (Wildman–Crippen LogP) is 3.30. The summed E-state index contributed by atoms with van der Waals surface area (Å²) >= 11 is 1.52. The minimum absolute atomic E-state index is 0.0882. The first-order chi connectivity index (χ1) is 11.0. The van der Waals surface area contributed by atoms with Gasteiger partial charge in [0.2, 0.25) is 0 Å². The number of nitrogens with one attached hydrogen (secondary N) is 1. The van der Waals surface area contributed by atoms with Gasteiger partial charge in [0.25, 0.3) is 5.91 Å². The van der Waals surface area contributed by atoms with Gasteiger partial charge in [-0.25, -0.2) is 4.98 Å². The Morgan fingerprint density at radius 1 is 1.30 bits per heavy atom. The van der Waals surface area contributed by atoms with Gasteiger partial charge in [0.15, 0.2) is 16.5 Å². The topological polar surface area (TPSA) is 75.4 Å². The Morgan fingerprint density at radius 3 is 2.83 bits per heavy atom. The third-order valence-corrected chi connectivity index (χ3v) is 4.63. The van der Waals surface area contributed by atoms with Crippen LogP contribution in [0, 0.1) is 5.92 Å². The number of furan rings is 1. The number of aromatic nitrogens is 1. The number of hydrogen-bond donors (Lipinski definition) is 2. The van der Waals surface area contributed by atoms with Crippen molar-refractivity contribution in [2.45, 2.75) is 20.0 Å². The van der Waals surface area contributed by atoms with Gasteiger partial charge in [0, 0.05) is 6.54 Å². The van der Waals surface area contributed by atoms with Gasteiger partial charge < -0.3 is 14.8 Å². The average Bonchev–Trinajstić information content (AvgIpc) is 3.18. The number of aliphatic hydroxyl groups is 1. The number of carbonyl (C=O) groups is 1. The molecule has 0 saturated carbocycles. The summed E-state index contributed by atoms with van der Waals surface area (Å²) < 4.78 is 6.68. The highest BCUT2D eigenvalue weighted by atomic mass is 32.1. The zero-order valence-electron chi connectivity index (χ0n) is 12.9. The van der Waals surface area contributed by atoms with Crippen molar-refractivity contribution in [3.63, 3.8) is 0 Å². The van der Waals surface area contributed by atoms with E-state index < -0.39 is 6.10 Å². The molecule has 0 bridgehead atoms. The number of aliphatic hydroxyl groups excluding tert-OH is 1. The minimum atomic E-state index is -0.572. The van der Waals surface area contributed by atoms with Crippen LogP contribution in [0.4, 0.5) is 0 Å². The van der Waals surface area contributed by atoms with E-state index in [2.05, 4.69) is 10.3 Å². The lowest BCUT2D eigenvalue weighted by Crippen LogP contribution is -2.34. The zero-order valence-corrected chi connectivity index (χ0v) is 13.8. The number of para-hydroxylation sites is 1. The van der Waals surface area contributed by atoms with Crippen molar-refractivity contribution >= 4 is 27.5 Å². The second-order valence-corrected chi connectivity index (χ2v) is 6.70. The van der Waals surface area contributed by atoms with Crippen LogP contribution in [0.25, 0.3) is 21.0 Å². The summed E-state index contributed by atoms with van der Waals surface area (Å²) in [5, 5.41) is 13.1. The van der Waals surface area contributed by atoms with E-state index in [0.717, 1.165) is 15.2 Å². The molecule has 0 aliphatic heterocycles. The summed E-state index contributed by atoms with van der Waals surface area (Å²) in [6.07, 6.45) is -0.572. The summed E-state index contributed by atoms with van der Waals surface area (Å²) in [7, 11) is 0. The molecule has 0 radical (unpaired) electrons. The number of amides is 1. The molecule has 1 amide bonds. The summed E-state index contributed by atoms with van der Waals surface area (Å²) in [6.45, 7) is 4.00. The van der Waals surface area contributed by atoms with Crippen LogP contribution in [0.1, 0.15) is 24.4 Å². The van der Waals surface area contributed by atoms with Crippen LogP contribution in [0.15, 0.2) is 40.8 Å². The molecule has 23 heavy (non-hydrogen) atoms. The van der Waals surface area contributed by atoms with Gasteiger partial charge in [0.1, 0.15) is 0 Å². The average molecular weight is 330 g/mol. The Hall–Kier alpha value is -2.18. The number of hydrogen-bond acceptors (Lipinski definition) is 5. The molecule has 1 aromatic carbocycles. The Morgan fingerprint density at radius 2 is 2.09 bits per heavy atom. The number of rotatable bonds is 5. The molecule has 2 heterocycles. The Bertz CT molecular complexity index is 789. The van der Waals surface area contributed by atoms with Crippen LogP contribution in [-0.4, -0.2) is 28.6 Å². The summed E-state index contributed by atoms with van der Waals surface area (Å²) in [6, 6.07) is 11.2. The standard InChI is InChI=1S/C17H18N2O3S/c1-10(2)12(20)9-18-16(21)13-7-8-14(22-13)17-19-11-5-3-4-6-15(11)23-17/h3-8,10,12,20H,9H2,1-2H3,(H,18,21). The van der Waals surface area contributed by atoms with E-state index in [0.29, 0.717) is 5.76 Å². The van der Waals surface area contributed by atoms with Crippen LogP contribution in [0.5, 0.6) is 0 Å². The second kappa shape index (κ2) is 6.52. The maximum Gasteiger partial charge on any atom is 0.287 e. The van der Waals surface area contributed by atoms with Crippen LogP contribution in [-0.2, 0) is 0 Å². The molecule has 3 aromatic rings. The van der Waals surface area contributed by atoms with Gasteiger partial charge in [-0.1, -0.05) is 26.0 Å². The largest absolute Gasteiger partial charge is 0.448 e. The zero-order chi connectivity index (χ0) is 16.4. The molecular formula is C17H18N2O3S. The first kappa shape index (κ1) is 15.7. The monoisotopic (exact) mass is 330 g/mol. The van der Waals surface area contributed by atoms with Gasteiger partial charge in [-0.15, -0.1) is 11.3 Å². The third-order valence-electron chi connectivity index (χ3n) is 3.58. The lowest BCUT2D eigenvalue weighted by atomic mass is 10.1. The molecule has 0 aliphatic carbocycles. The van der Waals surface area contributed by atoms with Gasteiger partial charge in [-0.2, -0.15) is 0 Å². The van der Waals surface area contributed by atoms with Crippen LogP contribution in [0.2, 0.25) is 0 Å². The lowest BCUT2D eigenvalue weighted by Gasteiger charge is -2.14. The molecule has 6 heteroatoms. The summed E-state index contributed by atoms with van der Waals surface area (Å²) in [5.41, 5.74) is 0.912. The van der Waals surface area contributed by atoms with Crippen molar-refractivity contribution in [1.82, 2.24) is 10.3 Å². The third kappa shape index (κ3) is 3.43. The quantitative estimate of drug-likeness (QED) is 0.752. The first-order valence-corrected chi connectivity index (χ1v) is 8.28. The Kier molecular flexibility index (Phi) is 4.45. The van der Waals surface area contributed by atoms with Crippen molar-refractivity contribution in [3.05, 3.63) is 42.2 Å². The van der Waals surface area contributed by atoms with Crippen LogP contribution >= 0.6 is 11.3 Å². The second-order valence-electron chi connectivity index (χ2n) is 5.67. The molecule has 5 nitrogen and oxygen atoms in total. The number of nitrogens with zero attached hydrogens (tertiary/aromatic N) is 1. The maximum absolute atomic E-state index is 12.1. The molecule has 2 aromatic heterocycles. The number of benzene rings is 1. The van der Waals surface area contributed by atoms with Crippen molar-refractivity contribution in [2.24, 2.45) is 5.92 Å². The van der Waals surface area contributed by atoms with E-state index in [-0.39, 0.29) is 24.1 Å². The van der Waals surface area contributed by atoms with Gasteiger partial charge >= 0.3 is 0 Å². The summed E-state index contributed by atoms with van der Waals surface area (Å²) in [4.78, 5) is 16.6. The van der Waals surface area contributed by atoms with E-state index in [1.807, 2.05) is 38.1 Å². The van der Waals surface area contributed by atoms with Crippen molar-refractivity contribution < 1.29 is 14.3 Å². The van der Waals surface area contributed by atoms with Crippen molar-refractivity contribution in [1.29, 1.82) is 0 Å². The fourth-order valence-electron chi connectivity index (χ4n) is 2.07. The number of thiazole rings is 1. The number of carbonyl (C=O) groups excluding carboxylic acids is 1. The molecular weight excluding hydrogens is 312 g/mol. The Balaban J connectivity index is 1.73. The predicted molar refractivity (Wildman–Crippen MR) is 90.5 cm³/mol. The van der Waals surface area contributed by atoms with Gasteiger partial charge in [-0.3, -0.25) is 4.79 Å². The Labute approximate surface area is 138 Å². The molecule has 1 unspecified atom stereocenters. The molecule has 2 N–H and O–H groups in total. The highest BCUT2D eigenvalue weighted by Gasteiger charge is 2.16. The van der Waals surface area contributed by atoms with E-state index in [9.17, 15) is 9.90 Å². The SMILES string of the molecule is CC(C)C(O)CNC(=O)c1ccc(-c2nc3ccccc3s2)o1. The van der Waals surface area contributed by atoms with E-state index in [1.165, 1.54) is 11.3 Å².